The first-order valence-corrected chi connectivity index (χ1v) is 8.45. The number of carbonyl (C=O) groups excluding carboxylic acids is 1. The minimum Gasteiger partial charge on any atom is -0.453 e. The number of anilines is 3. The lowest BCUT2D eigenvalue weighted by atomic mass is 10.2. The van der Waals surface area contributed by atoms with E-state index in [1.54, 1.807) is 12.1 Å². The third-order valence-electron chi connectivity index (χ3n) is 3.11. The number of aryl methyl sites for hydroxylation is 1. The summed E-state index contributed by atoms with van der Waals surface area (Å²) in [5.74, 6) is 0.0680. The Labute approximate surface area is 152 Å². The van der Waals surface area contributed by atoms with E-state index in [2.05, 4.69) is 20.3 Å². The number of halogens is 1. The second-order valence-electron chi connectivity index (χ2n) is 5.10. The van der Waals surface area contributed by atoms with Gasteiger partial charge < -0.3 is 15.8 Å². The number of aromatic nitrogens is 3. The van der Waals surface area contributed by atoms with Crippen molar-refractivity contribution in [3.05, 3.63) is 57.0 Å². The molecule has 0 spiro atoms. The third-order valence-corrected chi connectivity index (χ3v) is 4.32. The molecule has 7 nitrogen and oxygen atoms in total. The van der Waals surface area contributed by atoms with Crippen LogP contribution in [-0.4, -0.2) is 20.9 Å². The number of carbonyl (C=O) groups is 1. The summed E-state index contributed by atoms with van der Waals surface area (Å²) < 4.78 is 5.69. The second-order valence-corrected chi connectivity index (χ2v) is 6.82. The quantitative estimate of drug-likeness (QED) is 0.657. The lowest BCUT2D eigenvalue weighted by Gasteiger charge is -2.08. The van der Waals surface area contributed by atoms with Crippen LogP contribution in [0.3, 0.4) is 0 Å². The van der Waals surface area contributed by atoms with Crippen LogP contribution in [0.25, 0.3) is 0 Å². The molecule has 0 radical (unpaired) electrons. The van der Waals surface area contributed by atoms with Gasteiger partial charge in [0.05, 0.1) is 4.34 Å². The highest BCUT2D eigenvalue weighted by molar-refractivity contribution is 7.17. The predicted octanol–water partition coefficient (Wildman–Crippen LogP) is 3.58. The Morgan fingerprint density at radius 2 is 1.96 bits per heavy atom. The zero-order valence-electron chi connectivity index (χ0n) is 13.2. The molecule has 25 heavy (non-hydrogen) atoms. The molecule has 0 saturated carbocycles. The highest BCUT2D eigenvalue weighted by Crippen LogP contribution is 2.22. The van der Waals surface area contributed by atoms with Crippen molar-refractivity contribution >= 4 is 46.5 Å². The van der Waals surface area contributed by atoms with Gasteiger partial charge in [-0.15, -0.1) is 11.3 Å². The zero-order valence-corrected chi connectivity index (χ0v) is 14.8. The number of nitrogens with two attached hydrogens (primary N) is 1. The number of nitrogens with zero attached hydrogens (tertiary/aromatic N) is 3. The molecule has 0 fully saturated rings. The molecule has 0 aliphatic carbocycles. The maximum atomic E-state index is 11.9. The molecule has 3 aromatic rings. The summed E-state index contributed by atoms with van der Waals surface area (Å²) in [7, 11) is 0. The Balaban J connectivity index is 1.68. The fourth-order valence-corrected chi connectivity index (χ4v) is 2.89. The number of hydrogen-bond acceptors (Lipinski definition) is 8. The number of thiophene rings is 1. The molecule has 1 aromatic carbocycles. The Bertz CT molecular complexity index is 898. The topological polar surface area (TPSA) is 103 Å². The van der Waals surface area contributed by atoms with Gasteiger partial charge in [0, 0.05) is 5.69 Å². The van der Waals surface area contributed by atoms with Crippen LogP contribution in [0.15, 0.2) is 36.4 Å². The molecule has 0 atom stereocenters. The lowest BCUT2D eigenvalue weighted by Crippen LogP contribution is -2.10. The van der Waals surface area contributed by atoms with Gasteiger partial charge in [-0.2, -0.15) is 15.0 Å². The van der Waals surface area contributed by atoms with Crippen molar-refractivity contribution in [2.45, 2.75) is 13.5 Å². The van der Waals surface area contributed by atoms with Gasteiger partial charge in [0.25, 0.3) is 0 Å². The van der Waals surface area contributed by atoms with Crippen molar-refractivity contribution in [2.24, 2.45) is 0 Å². The van der Waals surface area contributed by atoms with Crippen molar-refractivity contribution in [2.75, 3.05) is 11.1 Å². The Kier molecular flexibility index (Phi) is 5.11. The lowest BCUT2D eigenvalue weighted by molar-refractivity contribution is 0.0468. The highest BCUT2D eigenvalue weighted by atomic mass is 35.5. The minimum atomic E-state index is -0.496. The van der Waals surface area contributed by atoms with E-state index in [-0.39, 0.29) is 24.3 Å². The fraction of sp³-hybridized carbons (Fsp3) is 0.125. The van der Waals surface area contributed by atoms with E-state index in [4.69, 9.17) is 22.1 Å². The van der Waals surface area contributed by atoms with Crippen LogP contribution in [0.4, 0.5) is 17.6 Å². The largest absolute Gasteiger partial charge is 0.453 e. The van der Waals surface area contributed by atoms with Crippen molar-refractivity contribution in [1.29, 1.82) is 0 Å². The van der Waals surface area contributed by atoms with E-state index in [9.17, 15) is 4.79 Å². The van der Waals surface area contributed by atoms with Crippen molar-refractivity contribution in [3.8, 4) is 0 Å². The van der Waals surface area contributed by atoms with E-state index in [0.29, 0.717) is 9.21 Å². The van der Waals surface area contributed by atoms with Crippen LogP contribution in [0.1, 0.15) is 21.1 Å². The summed E-state index contributed by atoms with van der Waals surface area (Å²) in [5.41, 5.74) is 7.65. The number of esters is 1. The van der Waals surface area contributed by atoms with Crippen molar-refractivity contribution in [3.63, 3.8) is 0 Å². The Morgan fingerprint density at radius 3 is 2.64 bits per heavy atom. The molecule has 2 aromatic heterocycles. The van der Waals surface area contributed by atoms with Crippen LogP contribution in [0, 0.1) is 6.92 Å². The van der Waals surface area contributed by atoms with Crippen LogP contribution in [0.5, 0.6) is 0 Å². The van der Waals surface area contributed by atoms with Gasteiger partial charge in [0.1, 0.15) is 4.88 Å². The van der Waals surface area contributed by atoms with Gasteiger partial charge in [0.2, 0.25) is 11.9 Å². The zero-order chi connectivity index (χ0) is 17.8. The van der Waals surface area contributed by atoms with Gasteiger partial charge in [-0.05, 0) is 31.2 Å². The minimum absolute atomic E-state index is 0.0369. The van der Waals surface area contributed by atoms with Gasteiger partial charge in [0.15, 0.2) is 12.4 Å². The average molecular weight is 376 g/mol. The molecule has 3 N–H and O–H groups in total. The summed E-state index contributed by atoms with van der Waals surface area (Å²) in [4.78, 5) is 24.6. The van der Waals surface area contributed by atoms with Crippen LogP contribution >= 0.6 is 22.9 Å². The molecule has 0 unspecified atom stereocenters. The normalized spacial score (nSPS) is 10.5. The van der Waals surface area contributed by atoms with Crippen molar-refractivity contribution in [1.82, 2.24) is 15.0 Å². The first-order valence-electron chi connectivity index (χ1n) is 7.26. The molecular formula is C16H14ClN5O2S. The number of benzene rings is 1. The van der Waals surface area contributed by atoms with Gasteiger partial charge in [-0.1, -0.05) is 29.3 Å². The summed E-state index contributed by atoms with van der Waals surface area (Å²) in [6, 6.07) is 10.9. The summed E-state index contributed by atoms with van der Waals surface area (Å²) in [5, 5.41) is 3.04. The van der Waals surface area contributed by atoms with E-state index in [1.165, 1.54) is 0 Å². The Morgan fingerprint density at radius 1 is 1.20 bits per heavy atom. The highest BCUT2D eigenvalue weighted by Gasteiger charge is 2.12. The molecule has 2 heterocycles. The molecule has 0 bridgehead atoms. The van der Waals surface area contributed by atoms with Crippen LogP contribution in [-0.2, 0) is 11.3 Å². The number of ether oxygens (including phenoxy) is 1. The predicted molar refractivity (Wildman–Crippen MR) is 97.1 cm³/mol. The summed E-state index contributed by atoms with van der Waals surface area (Å²) in [6.45, 7) is 1.88. The monoisotopic (exact) mass is 375 g/mol. The molecule has 0 saturated heterocycles. The molecule has 128 valence electrons. The SMILES string of the molecule is Cc1ccc(Nc2nc(N)nc(COC(=O)c3ccc(Cl)s3)n2)cc1. The Hall–Kier alpha value is -2.71. The molecule has 0 aliphatic rings. The molecular weight excluding hydrogens is 362 g/mol. The third kappa shape index (κ3) is 4.65. The number of nitrogens with one attached hydrogen (secondary N) is 1. The van der Waals surface area contributed by atoms with E-state index < -0.39 is 5.97 Å². The maximum absolute atomic E-state index is 11.9. The van der Waals surface area contributed by atoms with Gasteiger partial charge >= 0.3 is 5.97 Å². The molecule has 3 rings (SSSR count). The molecule has 0 aliphatic heterocycles. The van der Waals surface area contributed by atoms with E-state index >= 15 is 0 Å². The van der Waals surface area contributed by atoms with Crippen molar-refractivity contribution < 1.29 is 9.53 Å². The van der Waals surface area contributed by atoms with Gasteiger partial charge in [-0.25, -0.2) is 4.79 Å². The number of hydrogen-bond donors (Lipinski definition) is 2. The maximum Gasteiger partial charge on any atom is 0.348 e. The summed E-state index contributed by atoms with van der Waals surface area (Å²) in [6.07, 6.45) is 0. The number of nitrogen functional groups attached to an aromatic ring is 1. The first-order chi connectivity index (χ1) is 12.0. The smallest absolute Gasteiger partial charge is 0.348 e. The van der Waals surface area contributed by atoms with E-state index in [1.807, 2.05) is 31.2 Å². The van der Waals surface area contributed by atoms with Crippen LogP contribution in [0.2, 0.25) is 4.34 Å². The first kappa shape index (κ1) is 17.1. The standard InChI is InChI=1S/C16H14ClN5O2S/c1-9-2-4-10(5-3-9)19-16-21-13(20-15(18)22-16)8-24-14(23)11-6-7-12(17)25-11/h2-7H,8H2,1H3,(H3,18,19,20,21,22). The molecule has 9 heteroatoms. The molecule has 0 amide bonds. The second kappa shape index (κ2) is 7.45. The van der Waals surface area contributed by atoms with Crippen LogP contribution < -0.4 is 11.1 Å². The van der Waals surface area contributed by atoms with Gasteiger partial charge in [-0.3, -0.25) is 0 Å². The fourth-order valence-electron chi connectivity index (χ4n) is 1.95. The average Bonchev–Trinajstić information content (AvgIpc) is 3.01. The van der Waals surface area contributed by atoms with E-state index in [0.717, 1.165) is 22.6 Å². The number of rotatable bonds is 5. The summed E-state index contributed by atoms with van der Waals surface area (Å²) >= 11 is 6.94.